The summed E-state index contributed by atoms with van der Waals surface area (Å²) < 4.78 is 0. The van der Waals surface area contributed by atoms with E-state index < -0.39 is 4.92 Å². The number of nitro benzene ring substituents is 1. The van der Waals surface area contributed by atoms with E-state index in [1.165, 1.54) is 18.2 Å². The van der Waals surface area contributed by atoms with Crippen molar-refractivity contribution in [3.63, 3.8) is 0 Å². The number of rotatable bonds is 3. The molecular formula is C15H10ClN3O3. The molecule has 0 atom stereocenters. The lowest BCUT2D eigenvalue weighted by molar-refractivity contribution is -0.384. The fraction of sp³-hybridized carbons (Fsp3) is 0. The lowest BCUT2D eigenvalue weighted by Gasteiger charge is -2.08. The van der Waals surface area contributed by atoms with Crippen LogP contribution in [0.3, 0.4) is 0 Å². The number of para-hydroxylation sites is 1. The van der Waals surface area contributed by atoms with Crippen LogP contribution in [0.2, 0.25) is 5.02 Å². The molecule has 0 aliphatic rings. The van der Waals surface area contributed by atoms with Gasteiger partial charge in [-0.2, -0.15) is 0 Å². The van der Waals surface area contributed by atoms with Crippen molar-refractivity contribution in [2.75, 3.05) is 5.32 Å². The Morgan fingerprint density at radius 2 is 2.05 bits per heavy atom. The Labute approximate surface area is 129 Å². The molecule has 0 saturated heterocycles. The third kappa shape index (κ3) is 2.51. The highest BCUT2D eigenvalue weighted by molar-refractivity contribution is 6.34. The van der Waals surface area contributed by atoms with Crippen LogP contribution in [0, 0.1) is 10.1 Å². The average Bonchev–Trinajstić information content (AvgIpc) is 2.97. The van der Waals surface area contributed by atoms with Crippen LogP contribution in [-0.2, 0) is 0 Å². The van der Waals surface area contributed by atoms with E-state index in [1.807, 2.05) is 12.1 Å². The van der Waals surface area contributed by atoms with E-state index in [9.17, 15) is 14.9 Å². The minimum atomic E-state index is -0.544. The van der Waals surface area contributed by atoms with Gasteiger partial charge in [0.05, 0.1) is 26.7 Å². The van der Waals surface area contributed by atoms with Gasteiger partial charge in [-0.25, -0.2) is 0 Å². The number of amides is 1. The summed E-state index contributed by atoms with van der Waals surface area (Å²) in [6, 6.07) is 11.1. The number of hydrogen-bond donors (Lipinski definition) is 2. The standard InChI is InChI=1S/C15H10ClN3O3/c16-12-8-10(19(21)22)4-5-13(12)18-15(20)11-3-1-2-9-6-7-17-14(9)11/h1-8,17H,(H,18,20). The molecule has 1 amide bonds. The SMILES string of the molecule is O=C(Nc1ccc([N+](=O)[O-])cc1Cl)c1cccc2cc[nH]c12. The smallest absolute Gasteiger partial charge is 0.271 e. The number of aromatic nitrogens is 1. The average molecular weight is 316 g/mol. The topological polar surface area (TPSA) is 88.0 Å². The van der Waals surface area contributed by atoms with Crippen LogP contribution in [0.4, 0.5) is 11.4 Å². The number of carbonyl (C=O) groups is 1. The molecular weight excluding hydrogens is 306 g/mol. The van der Waals surface area contributed by atoms with Crippen LogP contribution < -0.4 is 5.32 Å². The van der Waals surface area contributed by atoms with Gasteiger partial charge in [0.15, 0.2) is 0 Å². The molecule has 6 nitrogen and oxygen atoms in total. The summed E-state index contributed by atoms with van der Waals surface area (Å²) in [5.41, 5.74) is 1.38. The van der Waals surface area contributed by atoms with Gasteiger partial charge in [-0.3, -0.25) is 14.9 Å². The highest BCUT2D eigenvalue weighted by Gasteiger charge is 2.14. The molecule has 0 unspecified atom stereocenters. The van der Waals surface area contributed by atoms with E-state index in [0.717, 1.165) is 10.9 Å². The molecule has 2 aromatic carbocycles. The van der Waals surface area contributed by atoms with Crippen molar-refractivity contribution in [1.29, 1.82) is 0 Å². The number of benzene rings is 2. The molecule has 0 fully saturated rings. The molecule has 1 heterocycles. The third-order valence-electron chi connectivity index (χ3n) is 3.24. The number of H-pyrrole nitrogens is 1. The minimum absolute atomic E-state index is 0.112. The van der Waals surface area contributed by atoms with Crippen LogP contribution in [0.25, 0.3) is 10.9 Å². The van der Waals surface area contributed by atoms with Gasteiger partial charge in [0.25, 0.3) is 11.6 Å². The summed E-state index contributed by atoms with van der Waals surface area (Å²) in [5.74, 6) is -0.344. The third-order valence-corrected chi connectivity index (χ3v) is 3.56. The lowest BCUT2D eigenvalue weighted by Crippen LogP contribution is -2.12. The molecule has 2 N–H and O–H groups in total. The number of hydrogen-bond acceptors (Lipinski definition) is 3. The summed E-state index contributed by atoms with van der Waals surface area (Å²) in [4.78, 5) is 25.5. The number of carbonyl (C=O) groups excluding carboxylic acids is 1. The highest BCUT2D eigenvalue weighted by Crippen LogP contribution is 2.27. The van der Waals surface area contributed by atoms with Crippen LogP contribution in [0.5, 0.6) is 0 Å². The summed E-state index contributed by atoms with van der Waals surface area (Å²) in [5, 5.41) is 14.4. The van der Waals surface area contributed by atoms with Gasteiger partial charge in [0.2, 0.25) is 0 Å². The number of halogens is 1. The van der Waals surface area contributed by atoms with E-state index in [-0.39, 0.29) is 16.6 Å². The molecule has 1 aromatic heterocycles. The van der Waals surface area contributed by atoms with Crippen molar-refractivity contribution in [1.82, 2.24) is 4.98 Å². The van der Waals surface area contributed by atoms with E-state index in [2.05, 4.69) is 10.3 Å². The van der Waals surface area contributed by atoms with E-state index >= 15 is 0 Å². The molecule has 0 bridgehead atoms. The van der Waals surface area contributed by atoms with E-state index in [1.54, 1.807) is 18.3 Å². The van der Waals surface area contributed by atoms with Crippen LogP contribution in [0.15, 0.2) is 48.7 Å². The molecule has 0 saturated carbocycles. The molecule has 0 spiro atoms. The normalized spacial score (nSPS) is 10.6. The zero-order valence-corrected chi connectivity index (χ0v) is 11.9. The largest absolute Gasteiger partial charge is 0.361 e. The van der Waals surface area contributed by atoms with E-state index in [0.29, 0.717) is 11.3 Å². The second-order valence-electron chi connectivity index (χ2n) is 4.62. The van der Waals surface area contributed by atoms with Crippen molar-refractivity contribution < 1.29 is 9.72 Å². The quantitative estimate of drug-likeness (QED) is 0.566. The van der Waals surface area contributed by atoms with Crippen molar-refractivity contribution in [2.24, 2.45) is 0 Å². The van der Waals surface area contributed by atoms with Gasteiger partial charge < -0.3 is 10.3 Å². The van der Waals surface area contributed by atoms with Crippen molar-refractivity contribution in [2.45, 2.75) is 0 Å². The fourth-order valence-electron chi connectivity index (χ4n) is 2.18. The Balaban J connectivity index is 1.91. The van der Waals surface area contributed by atoms with Crippen molar-refractivity contribution >= 4 is 39.8 Å². The maximum Gasteiger partial charge on any atom is 0.271 e. The molecule has 7 heteroatoms. The van der Waals surface area contributed by atoms with E-state index in [4.69, 9.17) is 11.6 Å². The van der Waals surface area contributed by atoms with Crippen molar-refractivity contribution in [3.05, 3.63) is 69.4 Å². The first kappa shape index (κ1) is 14.1. The fourth-order valence-corrected chi connectivity index (χ4v) is 2.40. The maximum atomic E-state index is 12.4. The number of anilines is 1. The molecule has 22 heavy (non-hydrogen) atoms. The highest BCUT2D eigenvalue weighted by atomic mass is 35.5. The predicted molar refractivity (Wildman–Crippen MR) is 84.4 cm³/mol. The van der Waals surface area contributed by atoms with Crippen molar-refractivity contribution in [3.8, 4) is 0 Å². The lowest BCUT2D eigenvalue weighted by atomic mass is 10.1. The number of nitro groups is 1. The first-order valence-electron chi connectivity index (χ1n) is 6.37. The van der Waals surface area contributed by atoms with Crippen LogP contribution >= 0.6 is 11.6 Å². The minimum Gasteiger partial charge on any atom is -0.361 e. The Hall–Kier alpha value is -2.86. The number of fused-ring (bicyclic) bond motifs is 1. The second kappa shape index (κ2) is 5.50. The van der Waals surface area contributed by atoms with Gasteiger partial charge in [0, 0.05) is 23.7 Å². The van der Waals surface area contributed by atoms with Gasteiger partial charge >= 0.3 is 0 Å². The van der Waals surface area contributed by atoms with Crippen LogP contribution in [-0.4, -0.2) is 15.8 Å². The number of nitrogens with zero attached hydrogens (tertiary/aromatic N) is 1. The number of aromatic amines is 1. The summed E-state index contributed by atoms with van der Waals surface area (Å²) >= 11 is 5.98. The Kier molecular flexibility index (Phi) is 3.52. The molecule has 3 rings (SSSR count). The number of non-ortho nitro benzene ring substituents is 1. The summed E-state index contributed by atoms with van der Waals surface area (Å²) in [6.07, 6.45) is 1.75. The first-order chi connectivity index (χ1) is 10.6. The summed E-state index contributed by atoms with van der Waals surface area (Å²) in [7, 11) is 0. The van der Waals surface area contributed by atoms with Gasteiger partial charge in [-0.15, -0.1) is 0 Å². The molecule has 0 radical (unpaired) electrons. The molecule has 110 valence electrons. The van der Waals surface area contributed by atoms with Gasteiger partial charge in [0.1, 0.15) is 0 Å². The zero-order valence-electron chi connectivity index (χ0n) is 11.2. The Morgan fingerprint density at radius 1 is 1.23 bits per heavy atom. The second-order valence-corrected chi connectivity index (χ2v) is 5.03. The summed E-state index contributed by atoms with van der Waals surface area (Å²) in [6.45, 7) is 0. The predicted octanol–water partition coefficient (Wildman–Crippen LogP) is 3.98. The molecule has 0 aliphatic carbocycles. The Bertz CT molecular complexity index is 889. The molecule has 3 aromatic rings. The first-order valence-corrected chi connectivity index (χ1v) is 6.75. The number of nitrogens with one attached hydrogen (secondary N) is 2. The zero-order chi connectivity index (χ0) is 15.7. The molecule has 0 aliphatic heterocycles. The Morgan fingerprint density at radius 3 is 2.77 bits per heavy atom. The van der Waals surface area contributed by atoms with Gasteiger partial charge in [-0.1, -0.05) is 23.7 Å². The van der Waals surface area contributed by atoms with Gasteiger partial charge in [-0.05, 0) is 18.2 Å². The maximum absolute atomic E-state index is 12.4. The monoisotopic (exact) mass is 315 g/mol. The van der Waals surface area contributed by atoms with Crippen LogP contribution in [0.1, 0.15) is 10.4 Å².